The maximum Gasteiger partial charge on any atom is 0.416 e. The van der Waals surface area contributed by atoms with Crippen LogP contribution in [0.15, 0.2) is 42.5 Å². The Bertz CT molecular complexity index is 1200. The maximum absolute atomic E-state index is 13.5. The van der Waals surface area contributed by atoms with Gasteiger partial charge in [0.05, 0.1) is 30.2 Å². The van der Waals surface area contributed by atoms with Crippen molar-refractivity contribution in [1.82, 2.24) is 9.80 Å². The van der Waals surface area contributed by atoms with E-state index in [9.17, 15) is 41.0 Å². The lowest BCUT2D eigenvalue weighted by atomic mass is 9.99. The number of aliphatic hydroxyl groups excluding tert-OH is 1. The lowest BCUT2D eigenvalue weighted by molar-refractivity contribution is -0.142. The SMILES string of the molecule is C[C@H](CO)N1C[C@H](C)[C@@H](CN(C)Cc2ccc(C(F)(F)F)cc2)Oc2ccc(NC(=O)CCC(F)(F)F)cc2C1=O. The normalized spacial score (nSPS) is 18.8. The van der Waals surface area contributed by atoms with Crippen molar-refractivity contribution in [2.24, 2.45) is 5.92 Å². The molecule has 3 rings (SSSR count). The molecule has 0 aromatic heterocycles. The molecular weight excluding hydrogens is 556 g/mol. The second-order valence-electron chi connectivity index (χ2n) is 10.4. The molecule has 226 valence electrons. The number of ether oxygens (including phenoxy) is 1. The van der Waals surface area contributed by atoms with Gasteiger partial charge in [-0.3, -0.25) is 14.5 Å². The molecule has 3 atom stereocenters. The van der Waals surface area contributed by atoms with Crippen molar-refractivity contribution in [1.29, 1.82) is 0 Å². The zero-order valence-electron chi connectivity index (χ0n) is 22.9. The first-order valence-corrected chi connectivity index (χ1v) is 13.0. The van der Waals surface area contributed by atoms with Crippen molar-refractivity contribution in [3.05, 3.63) is 59.2 Å². The van der Waals surface area contributed by atoms with Crippen molar-refractivity contribution < 1.29 is 45.8 Å². The van der Waals surface area contributed by atoms with Gasteiger partial charge >= 0.3 is 12.4 Å². The number of nitrogens with zero attached hydrogens (tertiary/aromatic N) is 2. The standard InChI is InChI=1S/C28H33F6N3O4/c1-17-13-37(18(2)16-38)26(40)22-12-21(35-25(39)10-11-27(29,30)31)8-9-23(22)41-24(17)15-36(3)14-19-4-6-20(7-5-19)28(32,33)34/h4-9,12,17-18,24,38H,10-11,13-16H2,1-3H3,(H,35,39)/t17-,18+,24+/m0/s1. The summed E-state index contributed by atoms with van der Waals surface area (Å²) in [6, 6.07) is 8.50. The van der Waals surface area contributed by atoms with Crippen molar-refractivity contribution in [2.75, 3.05) is 32.1 Å². The highest BCUT2D eigenvalue weighted by Crippen LogP contribution is 2.32. The number of carbonyl (C=O) groups excluding carboxylic acids is 2. The van der Waals surface area contributed by atoms with Crippen LogP contribution in [-0.4, -0.2) is 71.8 Å². The fourth-order valence-corrected chi connectivity index (χ4v) is 4.48. The van der Waals surface area contributed by atoms with Gasteiger partial charge in [-0.25, -0.2) is 0 Å². The molecule has 2 aromatic carbocycles. The summed E-state index contributed by atoms with van der Waals surface area (Å²) in [5, 5.41) is 12.2. The van der Waals surface area contributed by atoms with E-state index in [0.717, 1.165) is 12.1 Å². The molecule has 13 heteroatoms. The molecule has 2 N–H and O–H groups in total. The van der Waals surface area contributed by atoms with Crippen LogP contribution in [-0.2, 0) is 17.5 Å². The van der Waals surface area contributed by atoms with E-state index in [0.29, 0.717) is 18.7 Å². The molecule has 0 spiro atoms. The van der Waals surface area contributed by atoms with E-state index in [2.05, 4.69) is 5.32 Å². The summed E-state index contributed by atoms with van der Waals surface area (Å²) in [5.74, 6) is -1.37. The Labute approximate surface area is 234 Å². The molecule has 0 unspecified atom stereocenters. The summed E-state index contributed by atoms with van der Waals surface area (Å²) in [6.45, 7) is 4.10. The van der Waals surface area contributed by atoms with Crippen LogP contribution in [0.2, 0.25) is 0 Å². The lowest BCUT2D eigenvalue weighted by Crippen LogP contribution is -2.49. The Morgan fingerprint density at radius 1 is 1.15 bits per heavy atom. The van der Waals surface area contributed by atoms with E-state index in [-0.39, 0.29) is 36.1 Å². The summed E-state index contributed by atoms with van der Waals surface area (Å²) >= 11 is 0. The summed E-state index contributed by atoms with van der Waals surface area (Å²) in [6.07, 6.45) is -11.5. The Balaban J connectivity index is 1.82. The fourth-order valence-electron chi connectivity index (χ4n) is 4.48. The van der Waals surface area contributed by atoms with Crippen LogP contribution in [0, 0.1) is 5.92 Å². The number of likely N-dealkylation sites (N-methyl/N-ethyl adjacent to an activating group) is 1. The summed E-state index contributed by atoms with van der Waals surface area (Å²) in [7, 11) is 1.78. The third-order valence-corrected chi connectivity index (χ3v) is 6.81. The highest BCUT2D eigenvalue weighted by atomic mass is 19.4. The zero-order chi connectivity index (χ0) is 30.5. The maximum atomic E-state index is 13.5. The smallest absolute Gasteiger partial charge is 0.416 e. The highest BCUT2D eigenvalue weighted by Gasteiger charge is 2.34. The van der Waals surface area contributed by atoms with E-state index in [1.807, 2.05) is 11.8 Å². The molecule has 7 nitrogen and oxygen atoms in total. The van der Waals surface area contributed by atoms with Crippen LogP contribution in [0.4, 0.5) is 32.0 Å². The number of nitrogens with one attached hydrogen (secondary N) is 1. The van der Waals surface area contributed by atoms with Gasteiger partial charge in [-0.1, -0.05) is 19.1 Å². The topological polar surface area (TPSA) is 82.1 Å². The van der Waals surface area contributed by atoms with Crippen LogP contribution < -0.4 is 10.1 Å². The van der Waals surface area contributed by atoms with E-state index in [1.165, 1.54) is 35.2 Å². The number of fused-ring (bicyclic) bond motifs is 1. The molecule has 0 aliphatic carbocycles. The monoisotopic (exact) mass is 589 g/mol. The van der Waals surface area contributed by atoms with Crippen LogP contribution in [0.25, 0.3) is 0 Å². The number of benzene rings is 2. The van der Waals surface area contributed by atoms with Gasteiger partial charge in [-0.2, -0.15) is 26.3 Å². The van der Waals surface area contributed by atoms with Crippen molar-refractivity contribution in [3.63, 3.8) is 0 Å². The Morgan fingerprint density at radius 2 is 1.80 bits per heavy atom. The molecule has 0 saturated heterocycles. The van der Waals surface area contributed by atoms with Gasteiger partial charge in [0.2, 0.25) is 5.91 Å². The number of carbonyl (C=O) groups is 2. The van der Waals surface area contributed by atoms with Crippen molar-refractivity contribution >= 4 is 17.5 Å². The van der Waals surface area contributed by atoms with Crippen LogP contribution in [0.3, 0.4) is 0 Å². The van der Waals surface area contributed by atoms with Crippen LogP contribution >= 0.6 is 0 Å². The van der Waals surface area contributed by atoms with E-state index in [4.69, 9.17) is 4.74 Å². The first kappa shape index (κ1) is 32.2. The van der Waals surface area contributed by atoms with Crippen molar-refractivity contribution in [3.8, 4) is 5.75 Å². The zero-order valence-corrected chi connectivity index (χ0v) is 22.9. The van der Waals surface area contributed by atoms with Crippen LogP contribution in [0.5, 0.6) is 5.75 Å². The van der Waals surface area contributed by atoms with Crippen molar-refractivity contribution in [2.45, 2.75) is 57.7 Å². The van der Waals surface area contributed by atoms with Gasteiger partial charge in [-0.15, -0.1) is 0 Å². The Morgan fingerprint density at radius 3 is 2.39 bits per heavy atom. The molecule has 1 aliphatic heterocycles. The predicted octanol–water partition coefficient (Wildman–Crippen LogP) is 5.34. The first-order valence-electron chi connectivity index (χ1n) is 13.0. The molecule has 0 fully saturated rings. The molecule has 1 heterocycles. The van der Waals surface area contributed by atoms with Gasteiger partial charge in [0.1, 0.15) is 11.9 Å². The largest absolute Gasteiger partial charge is 0.488 e. The van der Waals surface area contributed by atoms with E-state index in [1.54, 1.807) is 14.0 Å². The van der Waals surface area contributed by atoms with Gasteiger partial charge in [-0.05, 0) is 49.9 Å². The molecule has 2 aromatic rings. The number of hydrogen-bond donors (Lipinski definition) is 2. The average Bonchev–Trinajstić information content (AvgIpc) is 2.88. The molecule has 2 amide bonds. The number of alkyl halides is 6. The molecule has 0 saturated carbocycles. The van der Waals surface area contributed by atoms with E-state index >= 15 is 0 Å². The first-order chi connectivity index (χ1) is 19.1. The lowest BCUT2D eigenvalue weighted by Gasteiger charge is -2.38. The second kappa shape index (κ2) is 13.1. The van der Waals surface area contributed by atoms with Gasteiger partial charge in [0, 0.05) is 37.7 Å². The molecular formula is C28H33F6N3O4. The predicted molar refractivity (Wildman–Crippen MR) is 139 cm³/mol. The molecule has 0 bridgehead atoms. The van der Waals surface area contributed by atoms with Gasteiger partial charge < -0.3 is 20.1 Å². The minimum Gasteiger partial charge on any atom is -0.488 e. The van der Waals surface area contributed by atoms with Gasteiger partial charge in [0.25, 0.3) is 5.91 Å². The Hall–Kier alpha value is -3.32. The van der Waals surface area contributed by atoms with E-state index < -0.39 is 54.7 Å². The highest BCUT2D eigenvalue weighted by molar-refractivity contribution is 5.99. The number of rotatable bonds is 9. The minimum absolute atomic E-state index is 0.0706. The molecule has 0 radical (unpaired) electrons. The Kier molecular flexibility index (Phi) is 10.3. The quantitative estimate of drug-likeness (QED) is 0.386. The summed E-state index contributed by atoms with van der Waals surface area (Å²) in [5.41, 5.74) is 0.113. The minimum atomic E-state index is -4.49. The average molecular weight is 590 g/mol. The summed E-state index contributed by atoms with van der Waals surface area (Å²) < 4.78 is 82.4. The third kappa shape index (κ3) is 9.09. The fraction of sp³-hybridized carbons (Fsp3) is 0.500. The summed E-state index contributed by atoms with van der Waals surface area (Å²) in [4.78, 5) is 28.9. The molecule has 41 heavy (non-hydrogen) atoms. The number of amides is 2. The number of anilines is 1. The third-order valence-electron chi connectivity index (χ3n) is 6.81. The second-order valence-corrected chi connectivity index (χ2v) is 10.4. The number of halogens is 6. The molecule has 1 aliphatic rings. The van der Waals surface area contributed by atoms with Crippen LogP contribution in [0.1, 0.15) is 48.2 Å². The number of hydrogen-bond acceptors (Lipinski definition) is 5. The van der Waals surface area contributed by atoms with Gasteiger partial charge in [0.15, 0.2) is 0 Å². The number of aliphatic hydroxyl groups is 1.